The summed E-state index contributed by atoms with van der Waals surface area (Å²) in [5.41, 5.74) is 0.596. The standard InChI is InChI=1S/C21H15BrN2O5/c1-3-7-29-19-17(22)9-13(10-18(19)28-2)8-15(12-23)20(25)24-16-6-4-5-14(11-16)21(26)27/h1,4-6,8-11H,7H2,2H3,(H,24,25)(H,26,27)/b15-8-. The lowest BCUT2D eigenvalue weighted by Crippen LogP contribution is -2.14. The van der Waals surface area contributed by atoms with E-state index in [1.54, 1.807) is 12.1 Å². The maximum atomic E-state index is 12.4. The normalized spacial score (nSPS) is 10.4. The molecule has 0 saturated heterocycles. The van der Waals surface area contributed by atoms with E-state index in [-0.39, 0.29) is 23.4 Å². The Kier molecular flexibility index (Phi) is 7.41. The van der Waals surface area contributed by atoms with Gasteiger partial charge in [-0.1, -0.05) is 12.0 Å². The third kappa shape index (κ3) is 5.61. The van der Waals surface area contributed by atoms with Crippen molar-refractivity contribution in [2.24, 2.45) is 0 Å². The average Bonchev–Trinajstić information content (AvgIpc) is 2.70. The average molecular weight is 455 g/mol. The number of carboxylic acid groups (broad SMARTS) is 1. The highest BCUT2D eigenvalue weighted by Crippen LogP contribution is 2.37. The van der Waals surface area contributed by atoms with Crippen molar-refractivity contribution in [2.75, 3.05) is 19.0 Å². The predicted molar refractivity (Wildman–Crippen MR) is 111 cm³/mol. The van der Waals surface area contributed by atoms with E-state index < -0.39 is 11.9 Å². The minimum atomic E-state index is -1.12. The number of rotatable bonds is 7. The number of methoxy groups -OCH3 is 1. The van der Waals surface area contributed by atoms with Crippen LogP contribution in [0.1, 0.15) is 15.9 Å². The molecule has 0 aliphatic carbocycles. The number of terminal acetylenes is 1. The number of hydrogen-bond donors (Lipinski definition) is 2. The molecule has 0 heterocycles. The molecule has 2 aromatic rings. The Balaban J connectivity index is 2.31. The van der Waals surface area contributed by atoms with Gasteiger partial charge in [0.25, 0.3) is 5.91 Å². The lowest BCUT2D eigenvalue weighted by molar-refractivity contribution is -0.112. The van der Waals surface area contributed by atoms with Crippen LogP contribution in [0.4, 0.5) is 5.69 Å². The van der Waals surface area contributed by atoms with E-state index in [1.165, 1.54) is 37.5 Å². The molecular weight excluding hydrogens is 440 g/mol. The van der Waals surface area contributed by atoms with Gasteiger partial charge in [0, 0.05) is 5.69 Å². The minimum Gasteiger partial charge on any atom is -0.493 e. The lowest BCUT2D eigenvalue weighted by atomic mass is 10.1. The number of carbonyl (C=O) groups is 2. The number of nitrogens with zero attached hydrogens (tertiary/aromatic N) is 1. The van der Waals surface area contributed by atoms with Crippen LogP contribution in [0.5, 0.6) is 11.5 Å². The van der Waals surface area contributed by atoms with Gasteiger partial charge in [0.05, 0.1) is 17.1 Å². The molecule has 8 heteroatoms. The maximum Gasteiger partial charge on any atom is 0.335 e. The van der Waals surface area contributed by atoms with Crippen molar-refractivity contribution in [3.8, 4) is 29.9 Å². The topological polar surface area (TPSA) is 109 Å². The molecule has 2 rings (SSSR count). The SMILES string of the molecule is C#CCOc1c(Br)cc(/C=C(/C#N)C(=O)Nc2cccc(C(=O)O)c2)cc1OC. The van der Waals surface area contributed by atoms with Gasteiger partial charge in [-0.15, -0.1) is 6.42 Å². The summed E-state index contributed by atoms with van der Waals surface area (Å²) in [6.45, 7) is 0.0470. The van der Waals surface area contributed by atoms with E-state index in [4.69, 9.17) is 21.0 Å². The molecule has 0 fully saturated rings. The van der Waals surface area contributed by atoms with Crippen LogP contribution < -0.4 is 14.8 Å². The number of halogens is 1. The van der Waals surface area contributed by atoms with Gasteiger partial charge in [-0.05, 0) is 57.9 Å². The van der Waals surface area contributed by atoms with E-state index in [2.05, 4.69) is 27.2 Å². The van der Waals surface area contributed by atoms with Crippen LogP contribution in [0.2, 0.25) is 0 Å². The number of benzene rings is 2. The number of hydrogen-bond acceptors (Lipinski definition) is 5. The summed E-state index contributed by atoms with van der Waals surface area (Å²) in [5.74, 6) is 1.32. The molecule has 0 aliphatic heterocycles. The number of nitriles is 1. The molecule has 0 aliphatic rings. The van der Waals surface area contributed by atoms with Gasteiger partial charge in [-0.25, -0.2) is 4.79 Å². The summed E-state index contributed by atoms with van der Waals surface area (Å²) in [4.78, 5) is 23.5. The first-order valence-corrected chi connectivity index (χ1v) is 8.89. The quantitative estimate of drug-likeness (QED) is 0.374. The van der Waals surface area contributed by atoms with Crippen molar-refractivity contribution >= 4 is 39.6 Å². The Bertz CT molecular complexity index is 1060. The van der Waals surface area contributed by atoms with Crippen molar-refractivity contribution < 1.29 is 24.2 Å². The zero-order chi connectivity index (χ0) is 21.4. The monoisotopic (exact) mass is 454 g/mol. The smallest absolute Gasteiger partial charge is 0.335 e. The van der Waals surface area contributed by atoms with Gasteiger partial charge in [0.15, 0.2) is 11.5 Å². The van der Waals surface area contributed by atoms with Gasteiger partial charge >= 0.3 is 5.97 Å². The number of anilines is 1. The highest BCUT2D eigenvalue weighted by molar-refractivity contribution is 9.10. The third-order valence-corrected chi connectivity index (χ3v) is 4.18. The van der Waals surface area contributed by atoms with Gasteiger partial charge in [-0.2, -0.15) is 5.26 Å². The molecule has 7 nitrogen and oxygen atoms in total. The molecule has 0 radical (unpaired) electrons. The van der Waals surface area contributed by atoms with Crippen molar-refractivity contribution in [2.45, 2.75) is 0 Å². The Morgan fingerprint density at radius 3 is 2.72 bits per heavy atom. The molecule has 0 saturated carbocycles. The lowest BCUT2D eigenvalue weighted by Gasteiger charge is -2.12. The maximum absolute atomic E-state index is 12.4. The van der Waals surface area contributed by atoms with Crippen LogP contribution in [-0.2, 0) is 4.79 Å². The van der Waals surface area contributed by atoms with Crippen LogP contribution in [-0.4, -0.2) is 30.7 Å². The Hall–Kier alpha value is -3.75. The first-order chi connectivity index (χ1) is 13.9. The zero-order valence-electron chi connectivity index (χ0n) is 15.2. The summed E-state index contributed by atoms with van der Waals surface area (Å²) >= 11 is 3.35. The molecule has 146 valence electrons. The summed E-state index contributed by atoms with van der Waals surface area (Å²) in [6, 6.07) is 10.8. The molecule has 2 aromatic carbocycles. The molecule has 29 heavy (non-hydrogen) atoms. The molecule has 0 spiro atoms. The molecule has 2 N–H and O–H groups in total. The van der Waals surface area contributed by atoms with Crippen LogP contribution in [0.25, 0.3) is 6.08 Å². The number of nitrogens with one attached hydrogen (secondary N) is 1. The van der Waals surface area contributed by atoms with Crippen LogP contribution in [0, 0.1) is 23.7 Å². The Labute approximate surface area is 175 Å². The van der Waals surface area contributed by atoms with Gasteiger partial charge in [0.2, 0.25) is 0 Å². The first-order valence-electron chi connectivity index (χ1n) is 8.10. The van der Waals surface area contributed by atoms with Gasteiger partial charge in [0.1, 0.15) is 18.2 Å². The van der Waals surface area contributed by atoms with Crippen molar-refractivity contribution in [3.63, 3.8) is 0 Å². The Morgan fingerprint density at radius 1 is 1.34 bits per heavy atom. The molecule has 0 atom stereocenters. The van der Waals surface area contributed by atoms with Crippen LogP contribution in [0.15, 0.2) is 46.4 Å². The van der Waals surface area contributed by atoms with Crippen molar-refractivity contribution in [1.29, 1.82) is 5.26 Å². The number of carboxylic acids is 1. The Morgan fingerprint density at radius 2 is 2.10 bits per heavy atom. The molecule has 0 bridgehead atoms. The number of carbonyl (C=O) groups excluding carboxylic acids is 1. The van der Waals surface area contributed by atoms with E-state index >= 15 is 0 Å². The van der Waals surface area contributed by atoms with E-state index in [9.17, 15) is 14.9 Å². The molecule has 0 aromatic heterocycles. The highest BCUT2D eigenvalue weighted by Gasteiger charge is 2.14. The van der Waals surface area contributed by atoms with Crippen LogP contribution in [0.3, 0.4) is 0 Å². The van der Waals surface area contributed by atoms with Gasteiger partial charge < -0.3 is 19.9 Å². The second-order valence-electron chi connectivity index (χ2n) is 5.54. The van der Waals surface area contributed by atoms with Gasteiger partial charge in [-0.3, -0.25) is 4.79 Å². The third-order valence-electron chi connectivity index (χ3n) is 3.60. The second-order valence-corrected chi connectivity index (χ2v) is 6.39. The number of aromatic carboxylic acids is 1. The summed E-state index contributed by atoms with van der Waals surface area (Å²) in [7, 11) is 1.45. The number of ether oxygens (including phenoxy) is 2. The highest BCUT2D eigenvalue weighted by atomic mass is 79.9. The first kappa shape index (κ1) is 21.5. The van der Waals surface area contributed by atoms with Crippen LogP contribution >= 0.6 is 15.9 Å². The van der Waals surface area contributed by atoms with Crippen molar-refractivity contribution in [3.05, 3.63) is 57.6 Å². The fraction of sp³-hybridized carbons (Fsp3) is 0.0952. The second kappa shape index (κ2) is 9.98. The molecule has 0 unspecified atom stereocenters. The summed E-state index contributed by atoms with van der Waals surface area (Å²) in [5, 5.41) is 20.9. The predicted octanol–water partition coefficient (Wildman–Crippen LogP) is 3.71. The van der Waals surface area contributed by atoms with E-state index in [1.807, 2.05) is 6.07 Å². The van der Waals surface area contributed by atoms with E-state index in [0.29, 0.717) is 21.5 Å². The number of amides is 1. The largest absolute Gasteiger partial charge is 0.493 e. The summed E-state index contributed by atoms with van der Waals surface area (Å²) in [6.07, 6.45) is 6.57. The molecule has 1 amide bonds. The van der Waals surface area contributed by atoms with Crippen molar-refractivity contribution in [1.82, 2.24) is 0 Å². The minimum absolute atomic E-state index is 0.0153. The fourth-order valence-corrected chi connectivity index (χ4v) is 2.89. The molecular formula is C21H15BrN2O5. The van der Waals surface area contributed by atoms with E-state index in [0.717, 1.165) is 0 Å². The summed E-state index contributed by atoms with van der Waals surface area (Å²) < 4.78 is 11.2. The fourth-order valence-electron chi connectivity index (χ4n) is 2.32. The zero-order valence-corrected chi connectivity index (χ0v) is 16.8.